The monoisotopic (exact) mass is 1220 g/mol. The maximum atomic E-state index is 6.19. The highest BCUT2D eigenvalue weighted by Gasteiger charge is 2.26. The molecule has 90 heavy (non-hydrogen) atoms. The Balaban J connectivity index is 1.08. The Bertz CT molecular complexity index is 3680. The van der Waals surface area contributed by atoms with Gasteiger partial charge in [0, 0.05) is 33.4 Å². The molecule has 0 fully saturated rings. The van der Waals surface area contributed by atoms with E-state index in [2.05, 4.69) is 0 Å². The van der Waals surface area contributed by atoms with E-state index in [9.17, 15) is 0 Å². The zero-order chi connectivity index (χ0) is 61.1. The van der Waals surface area contributed by atoms with E-state index in [1.165, 1.54) is 0 Å². The number of rotatable bonds is 4. The van der Waals surface area contributed by atoms with Crippen molar-refractivity contribution in [2.45, 2.75) is 0 Å². The molecule has 464 valence electrons. The molecule has 0 aliphatic carbocycles. The van der Waals surface area contributed by atoms with Gasteiger partial charge in [0.2, 0.25) is 0 Å². The molecule has 0 saturated heterocycles. The molecule has 0 radical (unpaired) electrons. The van der Waals surface area contributed by atoms with Gasteiger partial charge in [-0.05, 0) is 146 Å². The van der Waals surface area contributed by atoms with Crippen LogP contribution in [-0.4, -0.2) is 176 Å². The predicted molar refractivity (Wildman–Crippen MR) is 340 cm³/mol. The molecular formula is C70H70N6O14. The van der Waals surface area contributed by atoms with Crippen molar-refractivity contribution in [3.63, 3.8) is 0 Å². The van der Waals surface area contributed by atoms with Gasteiger partial charge < -0.3 is 66.3 Å². The van der Waals surface area contributed by atoms with Crippen molar-refractivity contribution in [3.8, 4) is 102 Å². The van der Waals surface area contributed by atoms with E-state index in [4.69, 9.17) is 96.2 Å². The number of nitrogens with zero attached hydrogens (tertiary/aromatic N) is 6. The molecule has 0 spiro atoms. The molecule has 3 aromatic heterocycles. The minimum atomic E-state index is 0.331. The van der Waals surface area contributed by atoms with E-state index >= 15 is 0 Å². The molecule has 20 heteroatoms. The first-order chi connectivity index (χ1) is 44.6. The molecule has 0 saturated carbocycles. The van der Waals surface area contributed by atoms with Gasteiger partial charge in [0.15, 0.2) is 0 Å². The normalized spacial score (nSPS) is 15.9. The molecule has 16 rings (SSSR count). The zero-order valence-corrected chi connectivity index (χ0v) is 50.4. The summed E-state index contributed by atoms with van der Waals surface area (Å²) in [6.45, 7) is 8.02. The Morgan fingerprint density at radius 2 is 0.367 bits per heavy atom. The van der Waals surface area contributed by atoms with Gasteiger partial charge in [0.05, 0.1) is 154 Å². The molecular weight excluding hydrogens is 1150 g/mol. The van der Waals surface area contributed by atoms with Crippen LogP contribution in [0.3, 0.4) is 0 Å². The summed E-state index contributed by atoms with van der Waals surface area (Å²) in [5.74, 6) is 4.00. The third-order valence-electron chi connectivity index (χ3n) is 14.8. The second kappa shape index (κ2) is 31.0. The molecule has 6 aliphatic heterocycles. The van der Waals surface area contributed by atoms with Crippen LogP contribution < -0.4 is 28.4 Å². The maximum absolute atomic E-state index is 6.19. The van der Waals surface area contributed by atoms with Crippen molar-refractivity contribution in [1.82, 2.24) is 29.9 Å². The molecule has 0 amide bonds. The number of aromatic nitrogens is 6. The van der Waals surface area contributed by atoms with Crippen LogP contribution in [0, 0.1) is 0 Å². The van der Waals surface area contributed by atoms with E-state index in [0.717, 1.165) is 33.4 Å². The minimum Gasteiger partial charge on any atom is -0.497 e. The van der Waals surface area contributed by atoms with Crippen LogP contribution in [0.25, 0.3) is 101 Å². The van der Waals surface area contributed by atoms with E-state index in [-0.39, 0.29) is 0 Å². The first-order valence-corrected chi connectivity index (χ1v) is 30.2. The number of ether oxygens (including phenoxy) is 14. The van der Waals surface area contributed by atoms with Gasteiger partial charge in [0.1, 0.15) is 94.0 Å². The average Bonchev–Trinajstić information content (AvgIpc) is 0.828. The Morgan fingerprint density at radius 1 is 0.211 bits per heavy atom. The summed E-state index contributed by atoms with van der Waals surface area (Å²) in [7, 11) is 3.28. The number of fused-ring (bicyclic) bond motifs is 5. The van der Waals surface area contributed by atoms with Gasteiger partial charge in [-0.3, -0.25) is 0 Å². The van der Waals surface area contributed by atoms with Crippen molar-refractivity contribution in [3.05, 3.63) is 146 Å². The summed E-state index contributed by atoms with van der Waals surface area (Å²) < 4.78 is 82.1. The van der Waals surface area contributed by atoms with Crippen LogP contribution in [0.5, 0.6) is 34.5 Å². The highest BCUT2D eigenvalue weighted by molar-refractivity contribution is 6.20. The zero-order valence-electron chi connectivity index (χ0n) is 50.4. The third-order valence-corrected chi connectivity index (χ3v) is 14.8. The van der Waals surface area contributed by atoms with Gasteiger partial charge in [-0.25, -0.2) is 29.9 Å². The fourth-order valence-corrected chi connectivity index (χ4v) is 10.2. The van der Waals surface area contributed by atoms with Crippen LogP contribution in [0.15, 0.2) is 146 Å². The van der Waals surface area contributed by atoms with Gasteiger partial charge in [-0.15, -0.1) is 0 Å². The van der Waals surface area contributed by atoms with Gasteiger partial charge >= 0.3 is 0 Å². The van der Waals surface area contributed by atoms with E-state index in [1.54, 1.807) is 14.2 Å². The smallest absolute Gasteiger partial charge is 0.120 e. The average molecular weight is 1220 g/mol. The lowest BCUT2D eigenvalue weighted by Gasteiger charge is -2.18. The second-order valence-corrected chi connectivity index (χ2v) is 20.7. The van der Waals surface area contributed by atoms with Crippen LogP contribution in [0.2, 0.25) is 0 Å². The molecule has 16 bridgehead atoms. The lowest BCUT2D eigenvalue weighted by Crippen LogP contribution is -2.14. The SMILES string of the molecule is COc1ccc(-c2nc3c4nc(-c5ccc(OC)cc5)c5nc4c4nc(c6nc4c3nc2-c2ccc(cc2)OCCOCCOCCOCCOCCOc2ccc-6cc2)-c2ccc(cc2)OCCOCCOCCOCCOCCOc2ccc-5cc2)cc1. The van der Waals surface area contributed by atoms with Gasteiger partial charge in [-0.1, -0.05) is 0 Å². The fourth-order valence-electron chi connectivity index (χ4n) is 10.2. The number of methoxy groups -OCH3 is 2. The lowest BCUT2D eigenvalue weighted by atomic mass is 10.0. The molecule has 20 nitrogen and oxygen atoms in total. The van der Waals surface area contributed by atoms with Gasteiger partial charge in [0.25, 0.3) is 0 Å². The fraction of sp³-hybridized carbons (Fsp3) is 0.314. The molecule has 10 aromatic rings. The van der Waals surface area contributed by atoms with Gasteiger partial charge in [-0.2, -0.15) is 0 Å². The predicted octanol–water partition coefficient (Wildman–Crippen LogP) is 11.2. The molecule has 9 heterocycles. The highest BCUT2D eigenvalue weighted by Crippen LogP contribution is 2.43. The lowest BCUT2D eigenvalue weighted by molar-refractivity contribution is -0.00698. The summed E-state index contributed by atoms with van der Waals surface area (Å²) in [5.41, 5.74) is 10.8. The summed E-state index contributed by atoms with van der Waals surface area (Å²) >= 11 is 0. The Kier molecular flexibility index (Phi) is 21.1. The first-order valence-electron chi connectivity index (χ1n) is 30.2. The van der Waals surface area contributed by atoms with Crippen LogP contribution in [-0.2, 0) is 37.9 Å². The number of hydrogen-bond acceptors (Lipinski definition) is 20. The third kappa shape index (κ3) is 15.4. The second-order valence-electron chi connectivity index (χ2n) is 20.7. The first kappa shape index (κ1) is 61.3. The summed E-state index contributed by atoms with van der Waals surface area (Å²) in [6, 6.07) is 46.7. The Morgan fingerprint density at radius 3 is 0.533 bits per heavy atom. The quantitative estimate of drug-likeness (QED) is 0.150. The summed E-state index contributed by atoms with van der Waals surface area (Å²) in [5, 5.41) is 0. The summed E-state index contributed by atoms with van der Waals surface area (Å²) in [6.07, 6.45) is 0. The van der Waals surface area contributed by atoms with E-state index in [1.807, 2.05) is 146 Å². The standard InChI is InChI=1S/C70H70N6O14/c1-77-53-15-3-47(4-16-53)59-61-49-7-19-55(20-8-49)87-43-39-83-35-31-79-27-29-81-33-37-85-41-45-89-57-23-11-51(12-24-57)63-64-52-13-25-58(26-14-52)90-46-42-86-38-34-82-30-28-80-32-36-84-40-44-88-56-21-9-50(10-22-56)62-60(48-5-17-54(78-2)18-6-48)72-66-65(71-59)67(73-61)69(75-63)70(76-64)68(66)74-62/h3-26H,27-46H2,1-2H3. The molecule has 0 N–H and O–H groups in total. The van der Waals surface area contributed by atoms with E-state index < -0.39 is 0 Å². The van der Waals surface area contributed by atoms with Crippen molar-refractivity contribution < 1.29 is 66.3 Å². The van der Waals surface area contributed by atoms with Crippen LogP contribution in [0.4, 0.5) is 0 Å². The van der Waals surface area contributed by atoms with Crippen molar-refractivity contribution in [1.29, 1.82) is 0 Å². The molecule has 6 aliphatic rings. The largest absolute Gasteiger partial charge is 0.497 e. The highest BCUT2D eigenvalue weighted by atomic mass is 16.6. The topological polar surface area (TPSA) is 207 Å². The maximum Gasteiger partial charge on any atom is 0.120 e. The van der Waals surface area contributed by atoms with Crippen molar-refractivity contribution in [2.75, 3.05) is 146 Å². The Hall–Kier alpha value is -8.96. The summed E-state index contributed by atoms with van der Waals surface area (Å²) in [4.78, 5) is 34.0. The van der Waals surface area contributed by atoms with Crippen molar-refractivity contribution in [2.24, 2.45) is 0 Å². The molecule has 0 atom stereocenters. The molecule has 0 unspecified atom stereocenters. The van der Waals surface area contributed by atoms with E-state index in [0.29, 0.717) is 234 Å². The Labute approximate surface area is 521 Å². The van der Waals surface area contributed by atoms with Crippen LogP contribution >= 0.6 is 0 Å². The van der Waals surface area contributed by atoms with Crippen LogP contribution in [0.1, 0.15) is 0 Å². The van der Waals surface area contributed by atoms with Crippen molar-refractivity contribution >= 4 is 33.1 Å². The number of benzene rings is 7. The molecule has 7 aromatic carbocycles. The number of hydrogen-bond donors (Lipinski definition) is 0. The minimum absolute atomic E-state index is 0.331.